The van der Waals surface area contributed by atoms with E-state index in [0.717, 1.165) is 4.31 Å². The molecule has 1 fully saturated rings. The standard InChI is InChI=1S/C11H16N2O6S/c1-8-5-9(12-19-8)7-20(15,16)13-3-4-18-6-10(13)11(14)17-2/h5,10H,3-4,6-7H2,1-2H3. The lowest BCUT2D eigenvalue weighted by Gasteiger charge is -2.32. The van der Waals surface area contributed by atoms with E-state index in [1.54, 1.807) is 13.0 Å². The maximum Gasteiger partial charge on any atom is 0.326 e. The van der Waals surface area contributed by atoms with Gasteiger partial charge in [0, 0.05) is 12.6 Å². The number of ether oxygens (including phenoxy) is 2. The largest absolute Gasteiger partial charge is 0.468 e. The average molecular weight is 304 g/mol. The molecule has 112 valence electrons. The van der Waals surface area contributed by atoms with Gasteiger partial charge in [0.2, 0.25) is 10.0 Å². The van der Waals surface area contributed by atoms with E-state index in [0.29, 0.717) is 11.5 Å². The summed E-state index contributed by atoms with van der Waals surface area (Å²) in [7, 11) is -2.49. The summed E-state index contributed by atoms with van der Waals surface area (Å²) in [6.07, 6.45) is 0. The minimum atomic E-state index is -3.70. The number of aryl methyl sites for hydroxylation is 1. The number of aromatic nitrogens is 1. The SMILES string of the molecule is COC(=O)C1COCCN1S(=O)(=O)Cc1cc(C)on1. The third kappa shape index (κ3) is 3.17. The molecule has 0 aliphatic carbocycles. The highest BCUT2D eigenvalue weighted by Crippen LogP contribution is 2.18. The molecule has 1 aliphatic heterocycles. The molecule has 1 aliphatic rings. The Morgan fingerprint density at radius 2 is 2.35 bits per heavy atom. The van der Waals surface area contributed by atoms with Crippen LogP contribution in [-0.4, -0.2) is 56.8 Å². The normalized spacial score (nSPS) is 20.8. The first kappa shape index (κ1) is 14.9. The maximum absolute atomic E-state index is 12.4. The van der Waals surface area contributed by atoms with Gasteiger partial charge >= 0.3 is 5.97 Å². The number of esters is 1. The fourth-order valence-corrected chi connectivity index (χ4v) is 3.56. The van der Waals surface area contributed by atoms with Crippen LogP contribution in [0, 0.1) is 6.92 Å². The third-order valence-electron chi connectivity index (χ3n) is 2.92. The molecule has 0 bridgehead atoms. The Labute approximate surface area is 116 Å². The van der Waals surface area contributed by atoms with Crippen LogP contribution in [0.4, 0.5) is 0 Å². The van der Waals surface area contributed by atoms with Crippen molar-refractivity contribution >= 4 is 16.0 Å². The van der Waals surface area contributed by atoms with Crippen molar-refractivity contribution in [3.63, 3.8) is 0 Å². The molecular formula is C11H16N2O6S. The molecule has 0 radical (unpaired) electrons. The van der Waals surface area contributed by atoms with E-state index in [1.807, 2.05) is 0 Å². The van der Waals surface area contributed by atoms with E-state index < -0.39 is 22.0 Å². The lowest BCUT2D eigenvalue weighted by molar-refractivity contribution is -0.149. The van der Waals surface area contributed by atoms with Crippen molar-refractivity contribution in [3.8, 4) is 0 Å². The molecule has 9 heteroatoms. The molecule has 1 aromatic heterocycles. The smallest absolute Gasteiger partial charge is 0.326 e. The number of carbonyl (C=O) groups excluding carboxylic acids is 1. The molecule has 1 saturated heterocycles. The van der Waals surface area contributed by atoms with E-state index in [9.17, 15) is 13.2 Å². The van der Waals surface area contributed by atoms with Crippen molar-refractivity contribution in [2.24, 2.45) is 0 Å². The molecule has 0 amide bonds. The molecule has 1 aromatic rings. The molecule has 2 heterocycles. The van der Waals surface area contributed by atoms with Crippen molar-refractivity contribution < 1.29 is 27.2 Å². The van der Waals surface area contributed by atoms with Gasteiger partial charge in [-0.05, 0) is 6.92 Å². The van der Waals surface area contributed by atoms with Crippen molar-refractivity contribution in [2.75, 3.05) is 26.9 Å². The van der Waals surface area contributed by atoms with Gasteiger partial charge in [-0.1, -0.05) is 5.16 Å². The summed E-state index contributed by atoms with van der Waals surface area (Å²) >= 11 is 0. The Morgan fingerprint density at radius 1 is 1.60 bits per heavy atom. The number of hydrogen-bond acceptors (Lipinski definition) is 7. The Kier molecular flexibility index (Phi) is 4.41. The first-order valence-electron chi connectivity index (χ1n) is 6.01. The second kappa shape index (κ2) is 5.90. The Balaban J connectivity index is 2.19. The van der Waals surface area contributed by atoms with Gasteiger partial charge < -0.3 is 14.0 Å². The van der Waals surface area contributed by atoms with E-state index in [1.165, 1.54) is 7.11 Å². The van der Waals surface area contributed by atoms with Crippen molar-refractivity contribution in [3.05, 3.63) is 17.5 Å². The highest BCUT2D eigenvalue weighted by molar-refractivity contribution is 7.88. The molecule has 1 unspecified atom stereocenters. The number of hydrogen-bond donors (Lipinski definition) is 0. The predicted molar refractivity (Wildman–Crippen MR) is 67.2 cm³/mol. The Bertz CT molecular complexity index is 581. The van der Waals surface area contributed by atoms with Gasteiger partial charge in [-0.3, -0.25) is 4.79 Å². The third-order valence-corrected chi connectivity index (χ3v) is 4.73. The lowest BCUT2D eigenvalue weighted by atomic mass is 10.3. The Hall–Kier alpha value is -1.45. The van der Waals surface area contributed by atoms with Crippen molar-refractivity contribution in [2.45, 2.75) is 18.7 Å². The second-order valence-corrected chi connectivity index (χ2v) is 6.33. The monoisotopic (exact) mass is 304 g/mol. The van der Waals surface area contributed by atoms with Gasteiger partial charge in [0.25, 0.3) is 0 Å². The summed E-state index contributed by atoms with van der Waals surface area (Å²) in [5.41, 5.74) is 0.303. The topological polar surface area (TPSA) is 98.9 Å². The second-order valence-electron chi connectivity index (χ2n) is 4.41. The van der Waals surface area contributed by atoms with Crippen LogP contribution in [0.3, 0.4) is 0 Å². The van der Waals surface area contributed by atoms with Crippen LogP contribution in [0.1, 0.15) is 11.5 Å². The molecule has 20 heavy (non-hydrogen) atoms. The molecule has 0 spiro atoms. The number of carbonyl (C=O) groups is 1. The van der Waals surface area contributed by atoms with E-state index in [2.05, 4.69) is 9.89 Å². The minimum absolute atomic E-state index is 0.0102. The summed E-state index contributed by atoms with van der Waals surface area (Å²) in [5.74, 6) is -0.427. The average Bonchev–Trinajstić information content (AvgIpc) is 2.82. The van der Waals surface area contributed by atoms with Gasteiger partial charge in [0.15, 0.2) is 0 Å². The summed E-state index contributed by atoms with van der Waals surface area (Å²) in [6, 6.07) is 0.595. The number of sulfonamides is 1. The van der Waals surface area contributed by atoms with Gasteiger partial charge in [0.05, 0.1) is 20.3 Å². The van der Waals surface area contributed by atoms with Crippen LogP contribution in [0.15, 0.2) is 10.6 Å². The van der Waals surface area contributed by atoms with Crippen LogP contribution >= 0.6 is 0 Å². The van der Waals surface area contributed by atoms with Crippen LogP contribution in [-0.2, 0) is 30.0 Å². The van der Waals surface area contributed by atoms with Crippen molar-refractivity contribution in [1.82, 2.24) is 9.46 Å². The van der Waals surface area contributed by atoms with E-state index in [4.69, 9.17) is 9.26 Å². The molecular weight excluding hydrogens is 288 g/mol. The van der Waals surface area contributed by atoms with Crippen LogP contribution in [0.2, 0.25) is 0 Å². The zero-order chi connectivity index (χ0) is 14.8. The van der Waals surface area contributed by atoms with Gasteiger partial charge in [-0.2, -0.15) is 4.31 Å². The van der Waals surface area contributed by atoms with Gasteiger partial charge in [0.1, 0.15) is 23.2 Å². The first-order valence-corrected chi connectivity index (χ1v) is 7.62. The molecule has 0 aromatic carbocycles. The molecule has 8 nitrogen and oxygen atoms in total. The highest BCUT2D eigenvalue weighted by atomic mass is 32.2. The van der Waals surface area contributed by atoms with Crippen LogP contribution in [0.5, 0.6) is 0 Å². The zero-order valence-corrected chi connectivity index (χ0v) is 12.1. The summed E-state index contributed by atoms with van der Waals surface area (Å²) in [6.45, 7) is 2.02. The van der Waals surface area contributed by atoms with Gasteiger partial charge in [-0.15, -0.1) is 0 Å². The highest BCUT2D eigenvalue weighted by Gasteiger charge is 2.38. The van der Waals surface area contributed by atoms with Gasteiger partial charge in [-0.25, -0.2) is 8.42 Å². The fourth-order valence-electron chi connectivity index (χ4n) is 2.00. The molecule has 0 saturated carbocycles. The predicted octanol–water partition coefficient (Wildman–Crippen LogP) is -0.313. The molecule has 1 atom stereocenters. The summed E-state index contributed by atoms with van der Waals surface area (Å²) < 4.78 is 40.5. The van der Waals surface area contributed by atoms with E-state index in [-0.39, 0.29) is 25.5 Å². The number of morpholine rings is 1. The maximum atomic E-state index is 12.4. The summed E-state index contributed by atoms with van der Waals surface area (Å²) in [5, 5.41) is 3.66. The number of nitrogens with zero attached hydrogens (tertiary/aromatic N) is 2. The number of methoxy groups -OCH3 is 1. The van der Waals surface area contributed by atoms with E-state index >= 15 is 0 Å². The summed E-state index contributed by atoms with van der Waals surface area (Å²) in [4.78, 5) is 11.6. The van der Waals surface area contributed by atoms with Crippen LogP contribution in [0.25, 0.3) is 0 Å². The minimum Gasteiger partial charge on any atom is -0.468 e. The zero-order valence-electron chi connectivity index (χ0n) is 11.2. The quantitative estimate of drug-likeness (QED) is 0.703. The van der Waals surface area contributed by atoms with Crippen molar-refractivity contribution in [1.29, 1.82) is 0 Å². The van der Waals surface area contributed by atoms with Crippen LogP contribution < -0.4 is 0 Å². The first-order chi connectivity index (χ1) is 9.44. The molecule has 2 rings (SSSR count). The number of rotatable bonds is 4. The fraction of sp³-hybridized carbons (Fsp3) is 0.636. The molecule has 0 N–H and O–H groups in total. The Morgan fingerprint density at radius 3 is 2.95 bits per heavy atom. The lowest BCUT2D eigenvalue weighted by Crippen LogP contribution is -2.53.